The Hall–Kier alpha value is -4.14. The number of aromatic nitrogens is 3. The summed E-state index contributed by atoms with van der Waals surface area (Å²) in [5.41, 5.74) is 7.64. The molecule has 1 aliphatic rings. The third-order valence-corrected chi connectivity index (χ3v) is 9.09. The van der Waals surface area contributed by atoms with Crippen LogP contribution >= 0.6 is 11.6 Å². The van der Waals surface area contributed by atoms with E-state index < -0.39 is 11.8 Å². The Morgan fingerprint density at radius 2 is 1.82 bits per heavy atom. The lowest BCUT2D eigenvalue weighted by molar-refractivity contribution is 0.0684. The van der Waals surface area contributed by atoms with Gasteiger partial charge < -0.3 is 19.1 Å². The van der Waals surface area contributed by atoms with Gasteiger partial charge in [0.25, 0.3) is 0 Å². The van der Waals surface area contributed by atoms with Crippen molar-refractivity contribution in [2.24, 2.45) is 7.05 Å². The molecule has 9 heteroatoms. The second-order valence-corrected chi connectivity index (χ2v) is 11.7. The second-order valence-electron chi connectivity index (χ2n) is 11.4. The predicted octanol–water partition coefficient (Wildman–Crippen LogP) is 7.80. The number of carboxylic acids is 1. The first-order valence-corrected chi connectivity index (χ1v) is 15.2. The number of halogens is 2. The van der Waals surface area contributed by atoms with Crippen molar-refractivity contribution in [3.05, 3.63) is 104 Å². The van der Waals surface area contributed by atoms with Crippen LogP contribution in [0, 0.1) is 19.7 Å². The molecule has 0 bridgehead atoms. The molecule has 0 aliphatic carbocycles. The van der Waals surface area contributed by atoms with E-state index in [0.717, 1.165) is 38.7 Å². The Labute approximate surface area is 260 Å². The van der Waals surface area contributed by atoms with E-state index in [1.807, 2.05) is 64.2 Å². The summed E-state index contributed by atoms with van der Waals surface area (Å²) < 4.78 is 31.9. The molecule has 3 heterocycles. The summed E-state index contributed by atoms with van der Waals surface area (Å²) in [7, 11) is 1.85. The summed E-state index contributed by atoms with van der Waals surface area (Å²) in [5.74, 6) is -0.759. The minimum atomic E-state index is -1.06. The highest BCUT2D eigenvalue weighted by molar-refractivity contribution is 6.32. The fourth-order valence-electron chi connectivity index (χ4n) is 6.51. The molecule has 0 amide bonds. The summed E-state index contributed by atoms with van der Waals surface area (Å²) >= 11 is 6.32. The topological polar surface area (TPSA) is 78.5 Å². The van der Waals surface area contributed by atoms with Crippen molar-refractivity contribution in [1.82, 2.24) is 14.3 Å². The van der Waals surface area contributed by atoms with Crippen LogP contribution in [0.2, 0.25) is 5.02 Å². The molecular weight excluding hydrogens is 581 g/mol. The number of carbonyl (C=O) groups is 1. The van der Waals surface area contributed by atoms with Gasteiger partial charge in [0.1, 0.15) is 17.3 Å². The summed E-state index contributed by atoms with van der Waals surface area (Å²) in [6, 6.07) is 14.8. The molecular formula is C35H35ClFN3O4. The lowest BCUT2D eigenvalue weighted by Gasteiger charge is -2.15. The quantitative estimate of drug-likeness (QED) is 0.189. The molecule has 44 heavy (non-hydrogen) atoms. The molecule has 5 aromatic rings. The van der Waals surface area contributed by atoms with Crippen molar-refractivity contribution in [2.45, 2.75) is 59.8 Å². The highest BCUT2D eigenvalue weighted by atomic mass is 35.5. The Kier molecular flexibility index (Phi) is 8.22. The molecule has 6 rings (SSSR count). The molecule has 0 saturated carbocycles. The molecule has 0 unspecified atom stereocenters. The molecule has 7 nitrogen and oxygen atoms in total. The molecule has 1 N–H and O–H groups in total. The first kappa shape index (κ1) is 29.9. The van der Waals surface area contributed by atoms with E-state index in [0.29, 0.717) is 65.8 Å². The van der Waals surface area contributed by atoms with Gasteiger partial charge in [-0.1, -0.05) is 42.8 Å². The summed E-state index contributed by atoms with van der Waals surface area (Å²) in [4.78, 5) is 13.1. The van der Waals surface area contributed by atoms with Crippen LogP contribution in [0.3, 0.4) is 0 Å². The fraction of sp³-hybridized carbons (Fsp3) is 0.314. The molecule has 0 spiro atoms. The van der Waals surface area contributed by atoms with Crippen LogP contribution in [0.15, 0.2) is 48.5 Å². The van der Waals surface area contributed by atoms with Crippen LogP contribution in [-0.2, 0) is 44.4 Å². The summed E-state index contributed by atoms with van der Waals surface area (Å²) in [5, 5.41) is 16.8. The molecule has 2 aromatic heterocycles. The Morgan fingerprint density at radius 1 is 1.09 bits per heavy atom. The maximum Gasteiger partial charge on any atom is 0.352 e. The number of rotatable bonds is 7. The maximum absolute atomic E-state index is 16.1. The van der Waals surface area contributed by atoms with Gasteiger partial charge in [-0.15, -0.1) is 0 Å². The molecule has 3 aromatic carbocycles. The highest BCUT2D eigenvalue weighted by Crippen LogP contribution is 2.41. The first-order chi connectivity index (χ1) is 21.2. The lowest BCUT2D eigenvalue weighted by atomic mass is 9.96. The second kappa shape index (κ2) is 12.1. The Bertz CT molecular complexity index is 1890. The molecule has 0 atom stereocenters. The zero-order valence-corrected chi connectivity index (χ0v) is 26.1. The van der Waals surface area contributed by atoms with E-state index in [9.17, 15) is 9.90 Å². The minimum Gasteiger partial charge on any atom is -0.494 e. The van der Waals surface area contributed by atoms with Crippen molar-refractivity contribution in [2.75, 3.05) is 6.61 Å². The molecule has 1 aliphatic heterocycles. The van der Waals surface area contributed by atoms with Crippen molar-refractivity contribution in [1.29, 1.82) is 0 Å². The van der Waals surface area contributed by atoms with Gasteiger partial charge in [-0.25, -0.2) is 9.18 Å². The van der Waals surface area contributed by atoms with E-state index >= 15 is 4.39 Å². The van der Waals surface area contributed by atoms with Crippen molar-refractivity contribution < 1.29 is 23.8 Å². The van der Waals surface area contributed by atoms with Gasteiger partial charge in [-0.2, -0.15) is 5.10 Å². The average Bonchev–Trinajstić information content (AvgIpc) is 3.47. The van der Waals surface area contributed by atoms with Crippen LogP contribution in [0.4, 0.5) is 4.39 Å². The van der Waals surface area contributed by atoms with E-state index in [1.165, 1.54) is 6.07 Å². The predicted molar refractivity (Wildman–Crippen MR) is 169 cm³/mol. The van der Waals surface area contributed by atoms with Crippen LogP contribution < -0.4 is 4.74 Å². The van der Waals surface area contributed by atoms with Gasteiger partial charge >= 0.3 is 5.97 Å². The van der Waals surface area contributed by atoms with E-state index in [-0.39, 0.29) is 18.8 Å². The van der Waals surface area contributed by atoms with Gasteiger partial charge in [0.05, 0.1) is 31.0 Å². The van der Waals surface area contributed by atoms with E-state index in [1.54, 1.807) is 15.3 Å². The highest BCUT2D eigenvalue weighted by Gasteiger charge is 2.30. The number of carboxylic acid groups (broad SMARTS) is 1. The van der Waals surface area contributed by atoms with Gasteiger partial charge in [-0.3, -0.25) is 4.68 Å². The molecule has 0 saturated heterocycles. The van der Waals surface area contributed by atoms with Gasteiger partial charge in [0.15, 0.2) is 0 Å². The first-order valence-electron chi connectivity index (χ1n) is 14.9. The number of ether oxygens (including phenoxy) is 2. The number of benzene rings is 3. The van der Waals surface area contributed by atoms with Crippen molar-refractivity contribution >= 4 is 28.5 Å². The Morgan fingerprint density at radius 3 is 2.52 bits per heavy atom. The van der Waals surface area contributed by atoms with Gasteiger partial charge in [0, 0.05) is 40.8 Å². The Balaban J connectivity index is 1.51. The van der Waals surface area contributed by atoms with Crippen LogP contribution in [0.25, 0.3) is 22.0 Å². The van der Waals surface area contributed by atoms with Crippen LogP contribution in [-0.4, -0.2) is 32.0 Å². The largest absolute Gasteiger partial charge is 0.494 e. The maximum atomic E-state index is 16.1. The number of hydrogen-bond acceptors (Lipinski definition) is 4. The molecule has 0 radical (unpaired) electrons. The normalized spacial score (nSPS) is 13.0. The van der Waals surface area contributed by atoms with Gasteiger partial charge in [0.2, 0.25) is 0 Å². The standard InChI is InChI=1S/C35H35ClFN3O4/c1-5-29-31-28(38-39(29)4)19-43-18-23-10-7-6-9-22(23)17-40-33-26(12-13-27(37)30(31)33)25(34(40)35(41)42)11-8-14-44-24-15-20(2)32(36)21(3)16-24/h6-7,9-10,12-13,15-16H,5,8,11,14,17-19H2,1-4H3,(H,41,42). The summed E-state index contributed by atoms with van der Waals surface area (Å²) in [6.45, 7) is 7.05. The van der Waals surface area contributed by atoms with E-state index in [2.05, 4.69) is 0 Å². The van der Waals surface area contributed by atoms with Crippen molar-refractivity contribution in [3.63, 3.8) is 0 Å². The monoisotopic (exact) mass is 615 g/mol. The average molecular weight is 616 g/mol. The molecule has 228 valence electrons. The lowest BCUT2D eigenvalue weighted by Crippen LogP contribution is -2.13. The number of hydrogen-bond donors (Lipinski definition) is 1. The van der Waals surface area contributed by atoms with E-state index in [4.69, 9.17) is 26.2 Å². The third kappa shape index (κ3) is 5.26. The number of aromatic carboxylic acids is 1. The number of aryl methyl sites for hydroxylation is 4. The SMILES string of the molecule is CCc1c2c(nn1C)COCc1ccccc1Cn1c(C(=O)O)c(CCCOc3cc(C)c(Cl)c(C)c3)c3ccc(F)c-2c31. The van der Waals surface area contributed by atoms with Gasteiger partial charge in [-0.05, 0) is 85.2 Å². The smallest absolute Gasteiger partial charge is 0.352 e. The van der Waals surface area contributed by atoms with Crippen LogP contribution in [0.5, 0.6) is 5.75 Å². The summed E-state index contributed by atoms with van der Waals surface area (Å²) in [6.07, 6.45) is 1.62. The number of fused-ring (bicyclic) bond motifs is 3. The third-order valence-electron chi connectivity index (χ3n) is 8.50. The zero-order valence-electron chi connectivity index (χ0n) is 25.3. The number of nitrogens with zero attached hydrogens (tertiary/aromatic N) is 3. The van der Waals surface area contributed by atoms with Crippen molar-refractivity contribution in [3.8, 4) is 16.9 Å². The molecule has 0 fully saturated rings. The van der Waals surface area contributed by atoms with Crippen LogP contribution in [0.1, 0.15) is 63.0 Å². The fourth-order valence-corrected chi connectivity index (χ4v) is 6.62. The minimum absolute atomic E-state index is 0.156. The zero-order chi connectivity index (χ0) is 31.1.